The number of carboxylic acids is 1. The van der Waals surface area contributed by atoms with Crippen LogP contribution in [0.25, 0.3) is 22.3 Å². The minimum absolute atomic E-state index is 0.0966. The Morgan fingerprint density at radius 1 is 1.05 bits per heavy atom. The maximum absolute atomic E-state index is 12.5. The van der Waals surface area contributed by atoms with Crippen molar-refractivity contribution in [3.05, 3.63) is 69.4 Å². The van der Waals surface area contributed by atoms with Gasteiger partial charge in [0.25, 0.3) is 0 Å². The van der Waals surface area contributed by atoms with Crippen molar-refractivity contribution in [3.63, 3.8) is 0 Å². The van der Waals surface area contributed by atoms with Crippen LogP contribution in [0.1, 0.15) is 21.5 Å². The highest BCUT2D eigenvalue weighted by molar-refractivity contribution is 5.98. The molecule has 0 spiro atoms. The minimum atomic E-state index is -1.28. The third kappa shape index (κ3) is 2.29. The molecule has 3 rings (SSSR count). The van der Waals surface area contributed by atoms with E-state index in [1.807, 2.05) is 19.9 Å². The van der Waals surface area contributed by atoms with Gasteiger partial charge in [0.15, 0.2) is 11.3 Å². The molecule has 0 fully saturated rings. The third-order valence-electron chi connectivity index (χ3n) is 3.54. The second-order valence-corrected chi connectivity index (χ2v) is 5.31. The molecule has 0 bridgehead atoms. The number of hydrogen-bond acceptors (Lipinski definition) is 3. The average molecular weight is 294 g/mol. The summed E-state index contributed by atoms with van der Waals surface area (Å²) >= 11 is 0. The Hall–Kier alpha value is -2.88. The number of carbonyl (C=O) groups is 1. The fourth-order valence-electron chi connectivity index (χ4n) is 2.48. The van der Waals surface area contributed by atoms with E-state index in [-0.39, 0.29) is 16.7 Å². The molecule has 1 aromatic heterocycles. The quantitative estimate of drug-likeness (QED) is 0.781. The van der Waals surface area contributed by atoms with Crippen LogP contribution in [0.3, 0.4) is 0 Å². The lowest BCUT2D eigenvalue weighted by Crippen LogP contribution is -2.16. The van der Waals surface area contributed by atoms with E-state index in [0.29, 0.717) is 11.1 Å². The largest absolute Gasteiger partial charge is 0.477 e. The standard InChI is InChI=1S/C18H14O4/c1-10-4-3-5-12(8-10)17-15(18(20)21)16(19)13-7-6-11(2)9-14(13)22-17/h3-9H,1-2H3,(H,20,21). The van der Waals surface area contributed by atoms with Crippen molar-refractivity contribution in [2.75, 3.05) is 0 Å². The summed E-state index contributed by atoms with van der Waals surface area (Å²) in [5.41, 5.74) is 2.02. The topological polar surface area (TPSA) is 67.5 Å². The molecule has 0 unspecified atom stereocenters. The van der Waals surface area contributed by atoms with E-state index in [0.717, 1.165) is 11.1 Å². The van der Waals surface area contributed by atoms with Gasteiger partial charge < -0.3 is 9.52 Å². The van der Waals surface area contributed by atoms with Crippen LogP contribution < -0.4 is 5.43 Å². The normalized spacial score (nSPS) is 10.8. The fourth-order valence-corrected chi connectivity index (χ4v) is 2.48. The molecule has 3 aromatic rings. The second kappa shape index (κ2) is 5.15. The van der Waals surface area contributed by atoms with Gasteiger partial charge in [-0.3, -0.25) is 4.79 Å². The maximum Gasteiger partial charge on any atom is 0.343 e. The SMILES string of the molecule is Cc1cccc(-c2oc3cc(C)ccc3c(=O)c2C(=O)O)c1. The molecule has 0 aliphatic heterocycles. The lowest BCUT2D eigenvalue weighted by molar-refractivity contribution is 0.0694. The summed E-state index contributed by atoms with van der Waals surface area (Å²) in [6.07, 6.45) is 0. The minimum Gasteiger partial charge on any atom is -0.477 e. The van der Waals surface area contributed by atoms with Gasteiger partial charge in [-0.1, -0.05) is 29.8 Å². The van der Waals surface area contributed by atoms with Gasteiger partial charge in [0.2, 0.25) is 5.43 Å². The first kappa shape index (κ1) is 14.1. The van der Waals surface area contributed by atoms with Crippen LogP contribution >= 0.6 is 0 Å². The second-order valence-electron chi connectivity index (χ2n) is 5.31. The summed E-state index contributed by atoms with van der Waals surface area (Å²) in [7, 11) is 0. The highest BCUT2D eigenvalue weighted by Gasteiger charge is 2.21. The maximum atomic E-state index is 12.5. The van der Waals surface area contributed by atoms with Gasteiger partial charge in [-0.25, -0.2) is 4.79 Å². The van der Waals surface area contributed by atoms with E-state index in [9.17, 15) is 14.7 Å². The monoisotopic (exact) mass is 294 g/mol. The van der Waals surface area contributed by atoms with Crippen molar-refractivity contribution < 1.29 is 14.3 Å². The fraction of sp³-hybridized carbons (Fsp3) is 0.111. The number of aryl methyl sites for hydroxylation is 2. The zero-order chi connectivity index (χ0) is 15.9. The lowest BCUT2D eigenvalue weighted by Gasteiger charge is -2.08. The van der Waals surface area contributed by atoms with Crippen LogP contribution in [0.4, 0.5) is 0 Å². The predicted octanol–water partition coefficient (Wildman–Crippen LogP) is 3.78. The van der Waals surface area contributed by atoms with Gasteiger partial charge in [-0.2, -0.15) is 0 Å². The summed E-state index contributed by atoms with van der Waals surface area (Å²) < 4.78 is 5.78. The number of benzene rings is 2. The third-order valence-corrected chi connectivity index (χ3v) is 3.54. The van der Waals surface area contributed by atoms with Gasteiger partial charge in [0.1, 0.15) is 5.58 Å². The summed E-state index contributed by atoms with van der Waals surface area (Å²) in [4.78, 5) is 24.1. The first-order valence-electron chi connectivity index (χ1n) is 6.85. The highest BCUT2D eigenvalue weighted by Crippen LogP contribution is 2.27. The molecule has 2 aromatic carbocycles. The average Bonchev–Trinajstić information content (AvgIpc) is 2.46. The molecule has 1 heterocycles. The zero-order valence-electron chi connectivity index (χ0n) is 12.2. The van der Waals surface area contributed by atoms with E-state index in [2.05, 4.69) is 0 Å². The molecule has 0 saturated carbocycles. The summed E-state index contributed by atoms with van der Waals surface area (Å²) in [6, 6.07) is 12.3. The van der Waals surface area contributed by atoms with Crippen LogP contribution in [0.15, 0.2) is 51.7 Å². The summed E-state index contributed by atoms with van der Waals surface area (Å²) in [5.74, 6) is -1.19. The Kier molecular flexibility index (Phi) is 3.29. The molecular formula is C18H14O4. The van der Waals surface area contributed by atoms with Gasteiger partial charge in [0, 0.05) is 5.56 Å². The Morgan fingerprint density at radius 2 is 1.77 bits per heavy atom. The van der Waals surface area contributed by atoms with E-state index in [4.69, 9.17) is 4.42 Å². The van der Waals surface area contributed by atoms with E-state index < -0.39 is 11.4 Å². The number of fused-ring (bicyclic) bond motifs is 1. The van der Waals surface area contributed by atoms with E-state index in [1.165, 1.54) is 0 Å². The predicted molar refractivity (Wildman–Crippen MR) is 84.4 cm³/mol. The molecule has 22 heavy (non-hydrogen) atoms. The molecule has 0 aliphatic carbocycles. The van der Waals surface area contributed by atoms with Crippen LogP contribution in [0.5, 0.6) is 0 Å². The van der Waals surface area contributed by atoms with Crippen LogP contribution in [0.2, 0.25) is 0 Å². The highest BCUT2D eigenvalue weighted by atomic mass is 16.4. The Labute approximate surface area is 126 Å². The summed E-state index contributed by atoms with van der Waals surface area (Å²) in [5, 5.41) is 9.71. The lowest BCUT2D eigenvalue weighted by atomic mass is 10.0. The first-order chi connectivity index (χ1) is 10.5. The molecule has 0 amide bonds. The van der Waals surface area contributed by atoms with Gasteiger partial charge in [-0.05, 0) is 37.6 Å². The molecule has 4 nitrogen and oxygen atoms in total. The molecule has 4 heteroatoms. The van der Waals surface area contributed by atoms with Crippen molar-refractivity contribution in [2.24, 2.45) is 0 Å². The first-order valence-corrected chi connectivity index (χ1v) is 6.85. The number of carboxylic acid groups (broad SMARTS) is 1. The number of rotatable bonds is 2. The molecule has 1 N–H and O–H groups in total. The summed E-state index contributed by atoms with van der Waals surface area (Å²) in [6.45, 7) is 3.78. The smallest absolute Gasteiger partial charge is 0.343 e. The van der Waals surface area contributed by atoms with Crippen molar-refractivity contribution >= 4 is 16.9 Å². The van der Waals surface area contributed by atoms with Crippen LogP contribution in [0, 0.1) is 13.8 Å². The van der Waals surface area contributed by atoms with Crippen LogP contribution in [-0.2, 0) is 0 Å². The van der Waals surface area contributed by atoms with Gasteiger partial charge in [0.05, 0.1) is 5.39 Å². The molecule has 110 valence electrons. The molecule has 0 atom stereocenters. The molecular weight excluding hydrogens is 280 g/mol. The van der Waals surface area contributed by atoms with E-state index >= 15 is 0 Å². The molecule has 0 radical (unpaired) electrons. The van der Waals surface area contributed by atoms with E-state index in [1.54, 1.807) is 36.4 Å². The van der Waals surface area contributed by atoms with Crippen molar-refractivity contribution in [1.29, 1.82) is 0 Å². The van der Waals surface area contributed by atoms with Crippen molar-refractivity contribution in [1.82, 2.24) is 0 Å². The molecule has 0 saturated heterocycles. The number of aromatic carboxylic acids is 1. The number of hydrogen-bond donors (Lipinski definition) is 1. The molecule has 0 aliphatic rings. The Bertz CT molecular complexity index is 951. The van der Waals surface area contributed by atoms with Crippen LogP contribution in [-0.4, -0.2) is 11.1 Å². The van der Waals surface area contributed by atoms with Gasteiger partial charge >= 0.3 is 5.97 Å². The van der Waals surface area contributed by atoms with Crippen molar-refractivity contribution in [3.8, 4) is 11.3 Å². The zero-order valence-corrected chi connectivity index (χ0v) is 12.2. The Morgan fingerprint density at radius 3 is 2.45 bits per heavy atom. The Balaban J connectivity index is 2.44. The van der Waals surface area contributed by atoms with Crippen molar-refractivity contribution in [2.45, 2.75) is 13.8 Å². The van der Waals surface area contributed by atoms with Gasteiger partial charge in [-0.15, -0.1) is 0 Å².